The van der Waals surface area contributed by atoms with Crippen LogP contribution in [0.5, 0.6) is 0 Å². The second kappa shape index (κ2) is 7.34. The summed E-state index contributed by atoms with van der Waals surface area (Å²) in [6.45, 7) is 0. The van der Waals surface area contributed by atoms with Crippen molar-refractivity contribution in [1.82, 2.24) is 4.98 Å². The number of carboxylic acid groups (broad SMARTS) is 1. The molecule has 0 atom stereocenters. The molecule has 24 heavy (non-hydrogen) atoms. The first-order chi connectivity index (χ1) is 10.9. The second-order valence-corrected chi connectivity index (χ2v) is 6.92. The zero-order valence-corrected chi connectivity index (χ0v) is 15.6. The van der Waals surface area contributed by atoms with Crippen LogP contribution in [0.3, 0.4) is 0 Å². The first kappa shape index (κ1) is 19.1. The Kier molecular flexibility index (Phi) is 5.85. The van der Waals surface area contributed by atoms with Crippen LogP contribution in [0.15, 0.2) is 30.5 Å². The molecule has 1 radical (unpaired) electrons. The summed E-state index contributed by atoms with van der Waals surface area (Å²) < 4.78 is 0.776. The number of rotatable bonds is 3. The number of nitrogens with zero attached hydrogens (tertiary/aromatic N) is 2. The Labute approximate surface area is 165 Å². The van der Waals surface area contributed by atoms with Gasteiger partial charge in [-0.25, -0.2) is 4.79 Å². The molecular weight excluding hydrogens is 362 g/mol. The Morgan fingerprint density at radius 3 is 2.58 bits per heavy atom. The number of aromatic nitrogens is 1. The normalized spacial score (nSPS) is 10.5. The number of pyridine rings is 1. The predicted octanol–water partition coefficient (Wildman–Crippen LogP) is 4.65. The van der Waals surface area contributed by atoms with Gasteiger partial charge in [-0.2, -0.15) is 0 Å². The van der Waals surface area contributed by atoms with Crippen molar-refractivity contribution < 1.29 is 9.90 Å². The molecule has 0 amide bonds. The number of fused-ring (bicyclic) bond motifs is 1. The van der Waals surface area contributed by atoms with E-state index >= 15 is 0 Å². The van der Waals surface area contributed by atoms with Crippen LogP contribution in [0.4, 0.5) is 5.69 Å². The van der Waals surface area contributed by atoms with Gasteiger partial charge >= 0.3 is 5.97 Å². The molecule has 3 rings (SSSR count). The second-order valence-electron chi connectivity index (χ2n) is 5.12. The number of carbonyl (C=O) groups is 1. The molecular formula is C16H12Cl2LiN2O2S. The Hall–Kier alpha value is -1.22. The topological polar surface area (TPSA) is 53.4 Å². The van der Waals surface area contributed by atoms with Crippen molar-refractivity contribution in [2.24, 2.45) is 0 Å². The minimum atomic E-state index is -0.960. The van der Waals surface area contributed by atoms with Gasteiger partial charge in [0, 0.05) is 50.1 Å². The average molecular weight is 374 g/mol. The molecule has 0 spiro atoms. The van der Waals surface area contributed by atoms with Crippen molar-refractivity contribution in [3.8, 4) is 11.3 Å². The van der Waals surface area contributed by atoms with Crippen LogP contribution in [0.2, 0.25) is 10.0 Å². The van der Waals surface area contributed by atoms with Gasteiger partial charge in [0.2, 0.25) is 0 Å². The third-order valence-corrected chi connectivity index (χ3v) is 5.44. The molecule has 0 unspecified atom stereocenters. The average Bonchev–Trinajstić information content (AvgIpc) is 2.90. The number of halogens is 2. The summed E-state index contributed by atoms with van der Waals surface area (Å²) in [5, 5.41) is 11.2. The van der Waals surface area contributed by atoms with E-state index in [2.05, 4.69) is 4.98 Å². The molecule has 1 aromatic carbocycles. The zero-order chi connectivity index (χ0) is 16.7. The van der Waals surface area contributed by atoms with Crippen LogP contribution in [0, 0.1) is 0 Å². The molecule has 0 saturated carbocycles. The Balaban J connectivity index is 0.00000208. The van der Waals surface area contributed by atoms with Crippen molar-refractivity contribution in [2.75, 3.05) is 19.0 Å². The molecule has 1 N–H and O–H groups in total. The van der Waals surface area contributed by atoms with Gasteiger partial charge in [-0.3, -0.25) is 4.98 Å². The number of aromatic carboxylic acids is 1. The molecule has 8 heteroatoms. The molecule has 3 aromatic rings. The number of anilines is 1. The fourth-order valence-electron chi connectivity index (χ4n) is 2.48. The van der Waals surface area contributed by atoms with Gasteiger partial charge in [0.25, 0.3) is 0 Å². The van der Waals surface area contributed by atoms with E-state index in [1.54, 1.807) is 23.2 Å². The zero-order valence-electron chi connectivity index (χ0n) is 13.3. The van der Waals surface area contributed by atoms with Gasteiger partial charge in [-0.05, 0) is 12.1 Å². The van der Waals surface area contributed by atoms with Crippen LogP contribution in [0.25, 0.3) is 21.3 Å². The summed E-state index contributed by atoms with van der Waals surface area (Å²) >= 11 is 13.6. The van der Waals surface area contributed by atoms with E-state index in [1.165, 1.54) is 11.3 Å². The number of benzene rings is 1. The van der Waals surface area contributed by atoms with Gasteiger partial charge in [0.05, 0.1) is 26.1 Å². The summed E-state index contributed by atoms with van der Waals surface area (Å²) in [7, 11) is 3.64. The monoisotopic (exact) mass is 373 g/mol. The number of hydrogen-bond donors (Lipinski definition) is 1. The first-order valence-corrected chi connectivity index (χ1v) is 8.25. The molecule has 0 aliphatic heterocycles. The molecule has 4 nitrogen and oxygen atoms in total. The third kappa shape index (κ3) is 3.15. The standard InChI is InChI=1S/C16H12Cl2N2O2S.Li/c1-20(2)13-9-6-7-19-12(14(9)23-15(13)16(21)22)8-4-3-5-10(17)11(8)18;/h3-7H,1-2H3,(H,21,22);. The van der Waals surface area contributed by atoms with Gasteiger partial charge in [0.15, 0.2) is 0 Å². The number of hydrogen-bond acceptors (Lipinski definition) is 4. The molecule has 0 bridgehead atoms. The van der Waals surface area contributed by atoms with Crippen molar-refractivity contribution in [2.45, 2.75) is 0 Å². The van der Waals surface area contributed by atoms with Gasteiger partial charge < -0.3 is 10.0 Å². The van der Waals surface area contributed by atoms with Crippen LogP contribution in [0.1, 0.15) is 9.67 Å². The summed E-state index contributed by atoms with van der Waals surface area (Å²) in [5.41, 5.74) is 1.99. The molecule has 0 saturated heterocycles. The van der Waals surface area contributed by atoms with Gasteiger partial charge in [-0.15, -0.1) is 11.3 Å². The maximum absolute atomic E-state index is 11.6. The number of thiophene rings is 1. The van der Waals surface area contributed by atoms with E-state index in [1.807, 2.05) is 26.2 Å². The van der Waals surface area contributed by atoms with Crippen molar-refractivity contribution in [3.05, 3.63) is 45.4 Å². The van der Waals surface area contributed by atoms with E-state index < -0.39 is 5.97 Å². The summed E-state index contributed by atoms with van der Waals surface area (Å²) in [6.07, 6.45) is 1.65. The fourth-order valence-corrected chi connectivity index (χ4v) is 4.08. The van der Waals surface area contributed by atoms with Crippen molar-refractivity contribution in [1.29, 1.82) is 0 Å². The minimum absolute atomic E-state index is 0. The van der Waals surface area contributed by atoms with E-state index in [-0.39, 0.29) is 23.7 Å². The summed E-state index contributed by atoms with van der Waals surface area (Å²) in [5.74, 6) is -0.960. The molecule has 0 aliphatic rings. The van der Waals surface area contributed by atoms with Crippen molar-refractivity contribution in [3.63, 3.8) is 0 Å². The van der Waals surface area contributed by atoms with Gasteiger partial charge in [-0.1, -0.05) is 35.3 Å². The Morgan fingerprint density at radius 2 is 1.96 bits per heavy atom. The van der Waals surface area contributed by atoms with E-state index in [0.717, 1.165) is 10.1 Å². The molecule has 2 aromatic heterocycles. The molecule has 119 valence electrons. The van der Waals surface area contributed by atoms with Crippen LogP contribution >= 0.6 is 34.5 Å². The summed E-state index contributed by atoms with van der Waals surface area (Å²) in [6, 6.07) is 7.14. The fraction of sp³-hybridized carbons (Fsp3) is 0.125. The molecule has 2 heterocycles. The smallest absolute Gasteiger partial charge is 0.348 e. The van der Waals surface area contributed by atoms with Crippen molar-refractivity contribution >= 4 is 75.1 Å². The largest absolute Gasteiger partial charge is 0.477 e. The van der Waals surface area contributed by atoms with E-state index in [4.69, 9.17) is 23.2 Å². The Bertz CT molecular complexity index is 928. The van der Waals surface area contributed by atoms with Crippen LogP contribution < -0.4 is 4.90 Å². The molecule has 0 fully saturated rings. The maximum atomic E-state index is 11.6. The third-order valence-electron chi connectivity index (χ3n) is 3.43. The maximum Gasteiger partial charge on any atom is 0.348 e. The van der Waals surface area contributed by atoms with Crippen LogP contribution in [-0.2, 0) is 0 Å². The predicted molar refractivity (Wildman–Crippen MR) is 102 cm³/mol. The molecule has 0 aliphatic carbocycles. The summed E-state index contributed by atoms with van der Waals surface area (Å²) in [4.78, 5) is 18.1. The Morgan fingerprint density at radius 1 is 1.25 bits per heavy atom. The van der Waals surface area contributed by atoms with Crippen LogP contribution in [-0.4, -0.2) is 49.0 Å². The van der Waals surface area contributed by atoms with E-state index in [9.17, 15) is 9.90 Å². The minimum Gasteiger partial charge on any atom is -0.477 e. The van der Waals surface area contributed by atoms with E-state index in [0.29, 0.717) is 27.0 Å². The van der Waals surface area contributed by atoms with Gasteiger partial charge in [0.1, 0.15) is 4.88 Å². The first-order valence-electron chi connectivity index (χ1n) is 6.68. The SMILES string of the molecule is CN(C)c1c(C(=O)O)sc2c(-c3cccc(Cl)c3Cl)nccc12.[Li]. The quantitative estimate of drug-likeness (QED) is 0.678. The number of carboxylic acids is 1.